The van der Waals surface area contributed by atoms with Crippen molar-refractivity contribution in [3.05, 3.63) is 48.3 Å². The molecule has 0 atom stereocenters. The molecule has 2 aromatic heterocycles. The van der Waals surface area contributed by atoms with E-state index in [1.54, 1.807) is 4.52 Å². The molecule has 1 amide bonds. The normalized spacial score (nSPS) is 15.4. The molecule has 3 heterocycles. The number of carbonyl (C=O) groups is 1. The van der Waals surface area contributed by atoms with Crippen molar-refractivity contribution in [1.82, 2.24) is 25.2 Å². The minimum atomic E-state index is -0.0121. The van der Waals surface area contributed by atoms with Gasteiger partial charge in [-0.05, 0) is 23.3 Å². The van der Waals surface area contributed by atoms with Gasteiger partial charge in [0.15, 0.2) is 5.65 Å². The van der Waals surface area contributed by atoms with Crippen LogP contribution in [0, 0.1) is 0 Å². The minimum Gasteiger partial charge on any atom is -0.369 e. The number of rotatable bonds is 0. The highest BCUT2D eigenvalue weighted by Gasteiger charge is 2.10. The van der Waals surface area contributed by atoms with E-state index in [4.69, 9.17) is 0 Å². The quantitative estimate of drug-likeness (QED) is 0.576. The molecule has 0 unspecified atom stereocenters. The summed E-state index contributed by atoms with van der Waals surface area (Å²) in [5.41, 5.74) is 3.86. The molecule has 0 fully saturated rings. The molecule has 24 heavy (non-hydrogen) atoms. The van der Waals surface area contributed by atoms with Crippen LogP contribution in [-0.2, 0) is 11.3 Å². The molecular formula is C17H18N6O. The summed E-state index contributed by atoms with van der Waals surface area (Å²) in [6.45, 7) is 2.18. The maximum atomic E-state index is 11.9. The Hall–Kier alpha value is -2.93. The number of hydrogen-bond acceptors (Lipinski definition) is 5. The highest BCUT2D eigenvalue weighted by Crippen LogP contribution is 2.25. The Morgan fingerprint density at radius 1 is 1.08 bits per heavy atom. The van der Waals surface area contributed by atoms with Crippen LogP contribution in [0.1, 0.15) is 5.56 Å². The largest absolute Gasteiger partial charge is 0.369 e. The number of nitrogens with one attached hydrogen (secondary N) is 3. The van der Waals surface area contributed by atoms with E-state index < -0.39 is 0 Å². The molecule has 0 spiro atoms. The highest BCUT2D eigenvalue weighted by atomic mass is 16.1. The van der Waals surface area contributed by atoms with Gasteiger partial charge in [-0.2, -0.15) is 5.10 Å². The van der Waals surface area contributed by atoms with Crippen LogP contribution in [-0.4, -0.2) is 40.1 Å². The third kappa shape index (κ3) is 2.93. The maximum Gasteiger partial charge on any atom is 0.234 e. The number of amides is 1. The second-order valence-electron chi connectivity index (χ2n) is 5.72. The van der Waals surface area contributed by atoms with Gasteiger partial charge in [-0.15, -0.1) is 0 Å². The molecule has 0 radical (unpaired) electrons. The van der Waals surface area contributed by atoms with Crippen LogP contribution in [0.25, 0.3) is 16.8 Å². The lowest BCUT2D eigenvalue weighted by Gasteiger charge is -2.08. The predicted octanol–water partition coefficient (Wildman–Crippen LogP) is 1.03. The van der Waals surface area contributed by atoms with E-state index in [0.717, 1.165) is 28.2 Å². The second-order valence-corrected chi connectivity index (χ2v) is 5.72. The molecule has 0 saturated carbocycles. The van der Waals surface area contributed by atoms with Gasteiger partial charge in [0.1, 0.15) is 5.82 Å². The van der Waals surface area contributed by atoms with Gasteiger partial charge in [0, 0.05) is 31.4 Å². The van der Waals surface area contributed by atoms with E-state index in [9.17, 15) is 4.79 Å². The van der Waals surface area contributed by atoms with Crippen molar-refractivity contribution < 1.29 is 4.79 Å². The summed E-state index contributed by atoms with van der Waals surface area (Å²) in [5.74, 6) is 0.781. The lowest BCUT2D eigenvalue weighted by molar-refractivity contribution is -0.120. The molecule has 7 heteroatoms. The zero-order valence-electron chi connectivity index (χ0n) is 13.1. The molecule has 122 valence electrons. The second kappa shape index (κ2) is 6.29. The Labute approximate surface area is 139 Å². The van der Waals surface area contributed by atoms with Crippen LogP contribution in [0.5, 0.6) is 0 Å². The molecule has 1 aliphatic heterocycles. The van der Waals surface area contributed by atoms with Gasteiger partial charge >= 0.3 is 0 Å². The monoisotopic (exact) mass is 322 g/mol. The number of carbonyl (C=O) groups excluding carboxylic acids is 1. The van der Waals surface area contributed by atoms with Gasteiger partial charge in [0.25, 0.3) is 0 Å². The van der Waals surface area contributed by atoms with Gasteiger partial charge in [0.05, 0.1) is 12.7 Å². The van der Waals surface area contributed by atoms with Gasteiger partial charge in [-0.1, -0.05) is 18.2 Å². The average molecular weight is 322 g/mol. The topological polar surface area (TPSA) is 83.4 Å². The number of hydrogen-bond donors (Lipinski definition) is 3. The highest BCUT2D eigenvalue weighted by molar-refractivity contribution is 5.79. The lowest BCUT2D eigenvalue weighted by atomic mass is 10.1. The van der Waals surface area contributed by atoms with Crippen molar-refractivity contribution in [2.45, 2.75) is 6.54 Å². The van der Waals surface area contributed by atoms with Gasteiger partial charge in [0.2, 0.25) is 5.91 Å². The summed E-state index contributed by atoms with van der Waals surface area (Å²) in [5, 5.41) is 13.7. The van der Waals surface area contributed by atoms with Crippen LogP contribution in [0.3, 0.4) is 0 Å². The van der Waals surface area contributed by atoms with Crippen molar-refractivity contribution in [3.8, 4) is 11.1 Å². The van der Waals surface area contributed by atoms with E-state index >= 15 is 0 Å². The van der Waals surface area contributed by atoms with Gasteiger partial charge < -0.3 is 16.0 Å². The molecule has 4 rings (SSSR count). The van der Waals surface area contributed by atoms with Gasteiger partial charge in [-0.25, -0.2) is 9.50 Å². The summed E-state index contributed by atoms with van der Waals surface area (Å²) in [6.07, 6.45) is 3.72. The first-order chi connectivity index (χ1) is 11.8. The Kier molecular flexibility index (Phi) is 3.84. The predicted molar refractivity (Wildman–Crippen MR) is 91.6 cm³/mol. The van der Waals surface area contributed by atoms with E-state index in [1.165, 1.54) is 0 Å². The van der Waals surface area contributed by atoms with Crippen molar-refractivity contribution in [2.75, 3.05) is 25.0 Å². The van der Waals surface area contributed by atoms with E-state index in [2.05, 4.69) is 32.1 Å². The average Bonchev–Trinajstić information content (AvgIpc) is 3.02. The Balaban J connectivity index is 1.78. The fourth-order valence-electron chi connectivity index (χ4n) is 2.76. The molecule has 0 aliphatic carbocycles. The molecule has 3 N–H and O–H groups in total. The number of anilines is 1. The van der Waals surface area contributed by atoms with Crippen molar-refractivity contribution in [2.24, 2.45) is 0 Å². The third-order valence-corrected chi connectivity index (χ3v) is 3.99. The minimum absolute atomic E-state index is 0.0121. The van der Waals surface area contributed by atoms with Crippen LogP contribution in [0.15, 0.2) is 42.7 Å². The van der Waals surface area contributed by atoms with Crippen LogP contribution < -0.4 is 16.0 Å². The summed E-state index contributed by atoms with van der Waals surface area (Å²) in [6, 6.07) is 9.97. The summed E-state index contributed by atoms with van der Waals surface area (Å²) >= 11 is 0. The van der Waals surface area contributed by atoms with Crippen molar-refractivity contribution in [3.63, 3.8) is 0 Å². The van der Waals surface area contributed by atoms with Crippen LogP contribution in [0.4, 0.5) is 5.82 Å². The molecule has 1 aromatic carbocycles. The molecule has 1 aliphatic rings. The maximum absolute atomic E-state index is 11.9. The van der Waals surface area contributed by atoms with Gasteiger partial charge in [-0.3, -0.25) is 4.79 Å². The molecular weight excluding hydrogens is 304 g/mol. The summed E-state index contributed by atoms with van der Waals surface area (Å²) < 4.78 is 1.77. The number of nitrogens with zero attached hydrogens (tertiary/aromatic N) is 3. The van der Waals surface area contributed by atoms with E-state index in [0.29, 0.717) is 26.2 Å². The summed E-state index contributed by atoms with van der Waals surface area (Å²) in [4.78, 5) is 16.5. The Morgan fingerprint density at radius 3 is 3.00 bits per heavy atom. The first kappa shape index (κ1) is 14.6. The van der Waals surface area contributed by atoms with Crippen LogP contribution in [0.2, 0.25) is 0 Å². The fraction of sp³-hybridized carbons (Fsp3) is 0.235. The number of benzene rings is 1. The molecule has 0 saturated heterocycles. The first-order valence-corrected chi connectivity index (χ1v) is 7.94. The van der Waals surface area contributed by atoms with E-state index in [1.807, 2.05) is 36.7 Å². The Bertz CT molecular complexity index is 888. The summed E-state index contributed by atoms with van der Waals surface area (Å²) in [7, 11) is 0. The fourth-order valence-corrected chi connectivity index (χ4v) is 2.76. The smallest absolute Gasteiger partial charge is 0.234 e. The molecule has 3 aromatic rings. The van der Waals surface area contributed by atoms with Crippen LogP contribution >= 0.6 is 0 Å². The lowest BCUT2D eigenvalue weighted by Crippen LogP contribution is -2.35. The van der Waals surface area contributed by atoms with Crippen molar-refractivity contribution >= 4 is 17.4 Å². The standard InChI is InChI=1S/C17H18N6O/c24-16-11-18-5-6-19-15-4-7-23-17(22-15)14(10-21-23)13-3-1-2-12(8-13)9-20-16/h1-4,7-8,10,18H,5-6,9,11H2,(H,19,22)(H,20,24). The number of fused-ring (bicyclic) bond motifs is 4. The first-order valence-electron chi connectivity index (χ1n) is 7.94. The zero-order chi connectivity index (χ0) is 16.4. The Morgan fingerprint density at radius 2 is 2.04 bits per heavy atom. The van der Waals surface area contributed by atoms with E-state index in [-0.39, 0.29) is 5.91 Å². The number of aromatic nitrogens is 3. The SMILES string of the molecule is O=C1CNCCNc2ccn3ncc(c3n2)-c2cccc(c2)CN1. The third-order valence-electron chi connectivity index (χ3n) is 3.99. The molecule has 7 nitrogen and oxygen atoms in total. The van der Waals surface area contributed by atoms with Crippen molar-refractivity contribution in [1.29, 1.82) is 0 Å². The molecule has 4 bridgehead atoms. The zero-order valence-corrected chi connectivity index (χ0v) is 13.1.